The van der Waals surface area contributed by atoms with Gasteiger partial charge >= 0.3 is 0 Å². The summed E-state index contributed by atoms with van der Waals surface area (Å²) >= 11 is 1.66. The number of carbonyl (C=O) groups excluding carboxylic acids is 1. The Kier molecular flexibility index (Phi) is 6.33. The van der Waals surface area contributed by atoms with Crippen LogP contribution in [0.25, 0.3) is 0 Å². The number of rotatable bonds is 2. The Morgan fingerprint density at radius 1 is 0.889 bits per heavy atom. The van der Waals surface area contributed by atoms with Crippen molar-refractivity contribution in [1.82, 2.24) is 0 Å². The van der Waals surface area contributed by atoms with Crippen molar-refractivity contribution >= 4 is 16.9 Å². The molecule has 0 radical (unpaired) electrons. The maximum Gasteiger partial charge on any atom is 0.196 e. The Morgan fingerprint density at radius 2 is 1.56 bits per heavy atom. The molecule has 0 heterocycles. The lowest BCUT2D eigenvalue weighted by Crippen LogP contribution is -2.16. The third kappa shape index (κ3) is 4.79. The molecule has 18 heavy (non-hydrogen) atoms. The topological polar surface area (TPSA) is 17.1 Å². The molecule has 0 aromatic heterocycles. The minimum atomic E-state index is 0.204. The number of hydrogen-bond acceptors (Lipinski definition) is 2. The summed E-state index contributed by atoms with van der Waals surface area (Å²) in [7, 11) is 0. The third-order valence-electron chi connectivity index (χ3n) is 4.14. The monoisotopic (exact) mass is 266 g/mol. The molecule has 1 saturated carbocycles. The molecule has 2 rings (SSSR count). The van der Waals surface area contributed by atoms with Crippen LogP contribution >= 0.6 is 11.8 Å². The van der Waals surface area contributed by atoms with Gasteiger partial charge in [-0.15, -0.1) is 0 Å². The van der Waals surface area contributed by atoms with Crippen LogP contribution in [0.1, 0.15) is 70.6 Å². The number of thioether (sulfide) groups is 1. The Labute approximate surface area is 116 Å². The first-order valence-corrected chi connectivity index (χ1v) is 8.61. The van der Waals surface area contributed by atoms with E-state index >= 15 is 0 Å². The van der Waals surface area contributed by atoms with Gasteiger partial charge in [-0.25, -0.2) is 0 Å². The van der Waals surface area contributed by atoms with E-state index in [9.17, 15) is 4.79 Å². The molecular formula is C16H26OS. The lowest BCUT2D eigenvalue weighted by molar-refractivity contribution is -0.113. The van der Waals surface area contributed by atoms with E-state index in [-0.39, 0.29) is 5.92 Å². The second kappa shape index (κ2) is 8.04. The largest absolute Gasteiger partial charge is 0.287 e. The molecule has 0 aromatic rings. The zero-order valence-corrected chi connectivity index (χ0v) is 12.2. The maximum atomic E-state index is 12.4. The van der Waals surface area contributed by atoms with Crippen molar-refractivity contribution in [3.63, 3.8) is 0 Å². The van der Waals surface area contributed by atoms with Crippen LogP contribution in [-0.4, -0.2) is 10.4 Å². The van der Waals surface area contributed by atoms with E-state index < -0.39 is 0 Å². The van der Waals surface area contributed by atoms with Crippen LogP contribution in [-0.2, 0) is 4.79 Å². The van der Waals surface area contributed by atoms with Crippen LogP contribution in [0, 0.1) is 5.92 Å². The van der Waals surface area contributed by atoms with E-state index in [1.807, 2.05) is 0 Å². The third-order valence-corrected chi connectivity index (χ3v) is 5.48. The molecule has 1 unspecified atom stereocenters. The normalized spacial score (nSPS) is 29.0. The summed E-state index contributed by atoms with van der Waals surface area (Å²) in [4.78, 5) is 12.4. The number of allylic oxidation sites excluding steroid dienone is 2. The zero-order valence-electron chi connectivity index (χ0n) is 11.4. The number of carbonyl (C=O) groups is 1. The second-order valence-corrected chi connectivity index (χ2v) is 7.03. The van der Waals surface area contributed by atoms with Gasteiger partial charge in [0.25, 0.3) is 0 Å². The molecule has 2 heteroatoms. The fourth-order valence-corrected chi connectivity index (χ4v) is 4.24. The van der Waals surface area contributed by atoms with Crippen LogP contribution < -0.4 is 0 Å². The van der Waals surface area contributed by atoms with Crippen molar-refractivity contribution in [3.8, 4) is 0 Å². The SMILES string of the molecule is O=C(SC1CCCCC1)C1/C=C\CCCCCC1. The Hall–Kier alpha value is -0.240. The highest BCUT2D eigenvalue weighted by molar-refractivity contribution is 8.14. The summed E-state index contributed by atoms with van der Waals surface area (Å²) in [5, 5.41) is 1.06. The zero-order chi connectivity index (χ0) is 12.6. The minimum absolute atomic E-state index is 0.204. The van der Waals surface area contributed by atoms with Crippen LogP contribution in [0.2, 0.25) is 0 Å². The minimum Gasteiger partial charge on any atom is -0.287 e. The quantitative estimate of drug-likeness (QED) is 0.646. The molecule has 0 N–H and O–H groups in total. The van der Waals surface area contributed by atoms with Crippen LogP contribution in [0.4, 0.5) is 0 Å². The van der Waals surface area contributed by atoms with Crippen molar-refractivity contribution < 1.29 is 4.79 Å². The van der Waals surface area contributed by atoms with Crippen LogP contribution in [0.3, 0.4) is 0 Å². The van der Waals surface area contributed by atoms with Crippen molar-refractivity contribution in [3.05, 3.63) is 12.2 Å². The average molecular weight is 266 g/mol. The fraction of sp³-hybridized carbons (Fsp3) is 0.812. The summed E-state index contributed by atoms with van der Waals surface area (Å²) in [5.74, 6) is 0.204. The maximum absolute atomic E-state index is 12.4. The van der Waals surface area contributed by atoms with E-state index in [2.05, 4.69) is 12.2 Å². The van der Waals surface area contributed by atoms with E-state index in [1.165, 1.54) is 57.8 Å². The first kappa shape index (κ1) is 14.2. The van der Waals surface area contributed by atoms with Crippen molar-refractivity contribution in [2.24, 2.45) is 5.92 Å². The highest BCUT2D eigenvalue weighted by atomic mass is 32.2. The van der Waals surface area contributed by atoms with E-state index in [4.69, 9.17) is 0 Å². The molecule has 0 bridgehead atoms. The molecule has 0 saturated heterocycles. The Morgan fingerprint density at radius 3 is 2.39 bits per heavy atom. The molecule has 0 spiro atoms. The van der Waals surface area contributed by atoms with Crippen LogP contribution in [0.5, 0.6) is 0 Å². The average Bonchev–Trinajstić information content (AvgIpc) is 2.53. The van der Waals surface area contributed by atoms with E-state index in [0.717, 1.165) is 12.8 Å². The molecule has 1 atom stereocenters. The Bertz CT molecular complexity index is 279. The standard InChI is InChI=1S/C16H26OS/c17-16(18-15-12-8-5-9-13-15)14-10-6-3-1-2-4-7-11-14/h6,10,14-15H,1-5,7-9,11-13H2/b10-6-. The molecule has 0 aliphatic heterocycles. The van der Waals surface area contributed by atoms with Gasteiger partial charge in [-0.05, 0) is 32.1 Å². The molecule has 102 valence electrons. The van der Waals surface area contributed by atoms with Gasteiger partial charge in [-0.2, -0.15) is 0 Å². The predicted octanol–water partition coefficient (Wildman–Crippen LogP) is 5.11. The smallest absolute Gasteiger partial charge is 0.196 e. The van der Waals surface area contributed by atoms with E-state index in [1.54, 1.807) is 11.8 Å². The van der Waals surface area contributed by atoms with E-state index in [0.29, 0.717) is 10.4 Å². The first-order chi connectivity index (χ1) is 8.86. The summed E-state index contributed by atoms with van der Waals surface area (Å²) in [6, 6.07) is 0. The molecule has 1 fully saturated rings. The van der Waals surface area contributed by atoms with Gasteiger partial charge in [0, 0.05) is 11.2 Å². The summed E-state index contributed by atoms with van der Waals surface area (Å²) in [6.45, 7) is 0. The van der Waals surface area contributed by atoms with Crippen molar-refractivity contribution in [2.45, 2.75) is 75.9 Å². The molecule has 2 aliphatic carbocycles. The van der Waals surface area contributed by atoms with Crippen molar-refractivity contribution in [1.29, 1.82) is 0 Å². The van der Waals surface area contributed by atoms with Gasteiger partial charge in [0.15, 0.2) is 5.12 Å². The summed E-state index contributed by atoms with van der Waals surface area (Å²) in [5.41, 5.74) is 0. The summed E-state index contributed by atoms with van der Waals surface area (Å²) < 4.78 is 0. The molecule has 1 nitrogen and oxygen atoms in total. The van der Waals surface area contributed by atoms with Crippen molar-refractivity contribution in [2.75, 3.05) is 0 Å². The number of hydrogen-bond donors (Lipinski definition) is 0. The Balaban J connectivity index is 1.82. The molecular weight excluding hydrogens is 240 g/mol. The predicted molar refractivity (Wildman–Crippen MR) is 79.8 cm³/mol. The van der Waals surface area contributed by atoms with Gasteiger partial charge in [0.05, 0.1) is 0 Å². The van der Waals surface area contributed by atoms with Crippen LogP contribution in [0.15, 0.2) is 12.2 Å². The van der Waals surface area contributed by atoms with Gasteiger partial charge in [0.1, 0.15) is 0 Å². The second-order valence-electron chi connectivity index (χ2n) is 5.72. The lowest BCUT2D eigenvalue weighted by Gasteiger charge is -2.21. The van der Waals surface area contributed by atoms with Gasteiger partial charge < -0.3 is 0 Å². The van der Waals surface area contributed by atoms with Gasteiger partial charge in [-0.3, -0.25) is 4.79 Å². The van der Waals surface area contributed by atoms with Gasteiger partial charge in [0.2, 0.25) is 0 Å². The molecule has 0 amide bonds. The summed E-state index contributed by atoms with van der Waals surface area (Å²) in [6.07, 6.45) is 18.4. The lowest BCUT2D eigenvalue weighted by atomic mass is 10.0. The highest BCUT2D eigenvalue weighted by Gasteiger charge is 2.22. The molecule has 2 aliphatic rings. The highest BCUT2D eigenvalue weighted by Crippen LogP contribution is 2.32. The molecule has 0 aromatic carbocycles. The first-order valence-electron chi connectivity index (χ1n) is 7.73. The van der Waals surface area contributed by atoms with Gasteiger partial charge in [-0.1, -0.05) is 62.4 Å². The fourth-order valence-electron chi connectivity index (χ4n) is 2.97.